The van der Waals surface area contributed by atoms with Crippen LogP contribution in [-0.4, -0.2) is 22.8 Å². The monoisotopic (exact) mass is 298 g/mol. The van der Waals surface area contributed by atoms with Gasteiger partial charge in [-0.1, -0.05) is 12.1 Å². The molecule has 0 atom stereocenters. The van der Waals surface area contributed by atoms with Gasteiger partial charge in [-0.15, -0.1) is 0 Å². The van der Waals surface area contributed by atoms with E-state index in [2.05, 4.69) is 4.98 Å². The number of allylic oxidation sites excluding steroid dienone is 1. The van der Waals surface area contributed by atoms with Gasteiger partial charge in [-0.2, -0.15) is 0 Å². The number of carbonyl (C=O) groups excluding carboxylic acids is 1. The number of nitrogens with zero attached hydrogens (tertiary/aromatic N) is 2. The lowest BCUT2D eigenvalue weighted by Gasteiger charge is -2.08. The smallest absolute Gasteiger partial charge is 0.270 e. The maximum absolute atomic E-state index is 12.0. The first-order chi connectivity index (χ1) is 10.5. The van der Waals surface area contributed by atoms with E-state index in [1.807, 2.05) is 0 Å². The summed E-state index contributed by atoms with van der Waals surface area (Å²) in [6, 6.07) is 9.49. The van der Waals surface area contributed by atoms with Crippen molar-refractivity contribution in [2.45, 2.75) is 6.92 Å². The number of non-ortho nitro benzene ring substituents is 1. The van der Waals surface area contributed by atoms with E-state index >= 15 is 0 Å². The van der Waals surface area contributed by atoms with Crippen molar-refractivity contribution in [1.82, 2.24) is 4.98 Å². The molecule has 0 N–H and O–H groups in total. The van der Waals surface area contributed by atoms with E-state index < -0.39 is 4.92 Å². The maximum atomic E-state index is 12.0. The largest absolute Gasteiger partial charge is 0.481 e. The minimum absolute atomic E-state index is 0.0326. The lowest BCUT2D eigenvalue weighted by Crippen LogP contribution is -2.00. The lowest BCUT2D eigenvalue weighted by molar-refractivity contribution is -0.384. The van der Waals surface area contributed by atoms with Gasteiger partial charge in [0.25, 0.3) is 5.69 Å². The van der Waals surface area contributed by atoms with Crippen LogP contribution in [0.15, 0.2) is 42.6 Å². The number of rotatable bonds is 5. The highest BCUT2D eigenvalue weighted by Gasteiger charge is 2.14. The molecule has 0 saturated carbocycles. The Labute approximate surface area is 127 Å². The molecule has 1 aromatic carbocycles. The third-order valence-electron chi connectivity index (χ3n) is 3.03. The molecule has 0 bridgehead atoms. The molecule has 6 nitrogen and oxygen atoms in total. The van der Waals surface area contributed by atoms with Gasteiger partial charge in [-0.05, 0) is 30.7 Å². The second-order valence-electron chi connectivity index (χ2n) is 4.53. The van der Waals surface area contributed by atoms with Crippen molar-refractivity contribution in [3.63, 3.8) is 0 Å². The van der Waals surface area contributed by atoms with Crippen LogP contribution in [0.2, 0.25) is 0 Å². The van der Waals surface area contributed by atoms with E-state index in [0.717, 1.165) is 0 Å². The Bertz CT molecular complexity index is 753. The van der Waals surface area contributed by atoms with Gasteiger partial charge in [0.15, 0.2) is 5.78 Å². The van der Waals surface area contributed by atoms with Crippen LogP contribution >= 0.6 is 0 Å². The van der Waals surface area contributed by atoms with Crippen molar-refractivity contribution < 1.29 is 14.5 Å². The summed E-state index contributed by atoms with van der Waals surface area (Å²) < 4.78 is 5.16. The number of benzene rings is 1. The van der Waals surface area contributed by atoms with E-state index in [9.17, 15) is 14.9 Å². The van der Waals surface area contributed by atoms with Crippen molar-refractivity contribution in [2.24, 2.45) is 0 Å². The quantitative estimate of drug-likeness (QED) is 0.481. The number of Topliss-reactive ketones (excluding diaryl/α,β-unsaturated/α-hetero) is 1. The number of ether oxygens (including phenoxy) is 1. The predicted molar refractivity (Wildman–Crippen MR) is 82.4 cm³/mol. The normalized spacial score (nSPS) is 11.1. The number of nitro groups is 1. The third kappa shape index (κ3) is 3.35. The maximum Gasteiger partial charge on any atom is 0.270 e. The molecule has 1 aromatic heterocycles. The number of pyridine rings is 1. The zero-order valence-electron chi connectivity index (χ0n) is 12.1. The Balaban J connectivity index is 2.55. The van der Waals surface area contributed by atoms with E-state index in [4.69, 9.17) is 4.74 Å². The van der Waals surface area contributed by atoms with Gasteiger partial charge in [0, 0.05) is 29.5 Å². The van der Waals surface area contributed by atoms with E-state index in [1.165, 1.54) is 26.2 Å². The van der Waals surface area contributed by atoms with Crippen LogP contribution in [0.25, 0.3) is 11.6 Å². The molecule has 112 valence electrons. The van der Waals surface area contributed by atoms with Crippen molar-refractivity contribution in [1.29, 1.82) is 0 Å². The summed E-state index contributed by atoms with van der Waals surface area (Å²) in [5.74, 6) is 0.146. The fourth-order valence-electron chi connectivity index (χ4n) is 2.02. The van der Waals surface area contributed by atoms with Crippen molar-refractivity contribution >= 4 is 23.1 Å². The number of aromatic nitrogens is 1. The molecule has 6 heteroatoms. The zero-order valence-corrected chi connectivity index (χ0v) is 12.1. The van der Waals surface area contributed by atoms with Crippen molar-refractivity contribution in [2.75, 3.05) is 7.11 Å². The van der Waals surface area contributed by atoms with Gasteiger partial charge in [0.05, 0.1) is 12.0 Å². The number of methoxy groups -OCH3 is 1. The molecule has 0 radical (unpaired) electrons. The Hall–Kier alpha value is -3.02. The van der Waals surface area contributed by atoms with Crippen LogP contribution in [0.1, 0.15) is 18.1 Å². The number of nitro benzene ring substituents is 1. The molecule has 0 aliphatic rings. The van der Waals surface area contributed by atoms with Crippen LogP contribution in [0.4, 0.5) is 5.69 Å². The van der Waals surface area contributed by atoms with Gasteiger partial charge >= 0.3 is 0 Å². The predicted octanol–water partition coefficient (Wildman–Crippen LogP) is 3.13. The van der Waals surface area contributed by atoms with Crippen LogP contribution in [0, 0.1) is 10.1 Å². The first-order valence-corrected chi connectivity index (χ1v) is 6.49. The zero-order chi connectivity index (χ0) is 16.1. The lowest BCUT2D eigenvalue weighted by atomic mass is 10.0. The highest BCUT2D eigenvalue weighted by Crippen LogP contribution is 2.27. The number of carbonyl (C=O) groups is 1. The number of hydrogen-bond donors (Lipinski definition) is 0. The second-order valence-corrected chi connectivity index (χ2v) is 4.53. The Morgan fingerprint density at radius 2 is 2.09 bits per heavy atom. The fraction of sp³-hybridized carbons (Fsp3) is 0.125. The molecule has 22 heavy (non-hydrogen) atoms. The van der Waals surface area contributed by atoms with Gasteiger partial charge in [-0.3, -0.25) is 14.9 Å². The van der Waals surface area contributed by atoms with E-state index in [0.29, 0.717) is 22.6 Å². The molecule has 1 heterocycles. The molecule has 2 rings (SSSR count). The second kappa shape index (κ2) is 6.62. The average Bonchev–Trinajstić information content (AvgIpc) is 2.52. The molecule has 0 saturated heterocycles. The molecule has 0 aliphatic heterocycles. The molecule has 2 aromatic rings. The summed E-state index contributed by atoms with van der Waals surface area (Å²) >= 11 is 0. The molecule has 0 spiro atoms. The van der Waals surface area contributed by atoms with Crippen LogP contribution in [0.3, 0.4) is 0 Å². The minimum atomic E-state index is -0.477. The first kappa shape index (κ1) is 15.4. The summed E-state index contributed by atoms with van der Waals surface area (Å²) in [5.41, 5.74) is 1.45. The van der Waals surface area contributed by atoms with Crippen LogP contribution < -0.4 is 4.74 Å². The van der Waals surface area contributed by atoms with E-state index in [-0.39, 0.29) is 11.5 Å². The molecule has 0 amide bonds. The van der Waals surface area contributed by atoms with E-state index in [1.54, 1.807) is 36.5 Å². The molecular weight excluding hydrogens is 284 g/mol. The van der Waals surface area contributed by atoms with Crippen molar-refractivity contribution in [3.8, 4) is 5.88 Å². The van der Waals surface area contributed by atoms with Crippen LogP contribution in [-0.2, 0) is 4.79 Å². The Kier molecular flexibility index (Phi) is 4.63. The standard InChI is InChI=1S/C16H14N2O4/c1-11(19)15(14-7-4-8-17-16(14)22-2)10-12-5-3-6-13(9-12)18(20)21/h3-10H,1-2H3. The SMILES string of the molecule is COc1ncccc1C(=Cc1cccc([N+](=O)[O-])c1)C(C)=O. The summed E-state index contributed by atoms with van der Waals surface area (Å²) in [6.45, 7) is 1.43. The highest BCUT2D eigenvalue weighted by molar-refractivity contribution is 6.24. The van der Waals surface area contributed by atoms with Gasteiger partial charge in [0.2, 0.25) is 5.88 Å². The molecule has 0 aliphatic carbocycles. The summed E-state index contributed by atoms with van der Waals surface area (Å²) in [4.78, 5) is 26.4. The first-order valence-electron chi connectivity index (χ1n) is 6.49. The number of hydrogen-bond acceptors (Lipinski definition) is 5. The summed E-state index contributed by atoms with van der Waals surface area (Å²) in [7, 11) is 1.47. The number of ketones is 1. The van der Waals surface area contributed by atoms with Gasteiger partial charge in [-0.25, -0.2) is 4.98 Å². The highest BCUT2D eigenvalue weighted by atomic mass is 16.6. The van der Waals surface area contributed by atoms with Gasteiger partial charge in [0.1, 0.15) is 0 Å². The topological polar surface area (TPSA) is 82.3 Å². The van der Waals surface area contributed by atoms with Gasteiger partial charge < -0.3 is 4.74 Å². The summed E-state index contributed by atoms with van der Waals surface area (Å²) in [5, 5.41) is 10.8. The van der Waals surface area contributed by atoms with Crippen molar-refractivity contribution in [3.05, 3.63) is 63.8 Å². The molecular formula is C16H14N2O4. The minimum Gasteiger partial charge on any atom is -0.481 e. The Morgan fingerprint density at radius 3 is 2.73 bits per heavy atom. The molecule has 0 unspecified atom stereocenters. The Morgan fingerprint density at radius 1 is 1.32 bits per heavy atom. The van der Waals surface area contributed by atoms with Crippen LogP contribution in [0.5, 0.6) is 5.88 Å². The average molecular weight is 298 g/mol. The summed E-state index contributed by atoms with van der Waals surface area (Å²) in [6.07, 6.45) is 3.16. The molecule has 0 fully saturated rings. The third-order valence-corrected chi connectivity index (χ3v) is 3.03. The fourth-order valence-corrected chi connectivity index (χ4v) is 2.02.